The number of hydrogen-bond donors (Lipinski definition) is 1. The van der Waals surface area contributed by atoms with E-state index in [2.05, 4.69) is 145 Å². The number of hydrogen-bond acceptors (Lipinski definition) is 1. The molecule has 34 heavy (non-hydrogen) atoms. The highest BCUT2D eigenvalue weighted by Crippen LogP contribution is 2.57. The zero-order valence-electron chi connectivity index (χ0n) is 21.2. The van der Waals surface area contributed by atoms with E-state index < -0.39 is 7.26 Å². The van der Waals surface area contributed by atoms with Crippen molar-refractivity contribution < 1.29 is 5.11 Å². The van der Waals surface area contributed by atoms with E-state index in [1.807, 2.05) is 0 Å². The largest absolute Gasteiger partial charge is 0.504 e. The second kappa shape index (κ2) is 9.05. The van der Waals surface area contributed by atoms with E-state index in [4.69, 9.17) is 0 Å². The summed E-state index contributed by atoms with van der Waals surface area (Å²) < 4.78 is 0. The fraction of sp³-hybridized carbons (Fsp3) is 0.250. The molecule has 1 N–H and O–H groups in total. The fourth-order valence-corrected chi connectivity index (χ4v) is 9.06. The zero-order valence-corrected chi connectivity index (χ0v) is 22.1. The molecule has 0 aliphatic rings. The average Bonchev–Trinajstić information content (AvgIpc) is 2.81. The molecule has 4 aromatic rings. The second-order valence-electron chi connectivity index (χ2n) is 11.1. The Labute approximate surface area is 205 Å². The SMILES string of the molecule is CC(C)(C)c1cc(C(C)(C)C)c(O)c([P+](c2ccccc2)(c2ccccc2)c2ccccc2)c1. The summed E-state index contributed by atoms with van der Waals surface area (Å²) in [6.45, 7) is 13.3. The van der Waals surface area contributed by atoms with Gasteiger partial charge in [-0.15, -0.1) is 0 Å². The van der Waals surface area contributed by atoms with Crippen molar-refractivity contribution in [3.8, 4) is 5.75 Å². The molecular formula is C32H36OP+. The minimum atomic E-state index is -2.39. The molecule has 174 valence electrons. The van der Waals surface area contributed by atoms with Gasteiger partial charge in [-0.25, -0.2) is 0 Å². The maximum absolute atomic E-state index is 12.1. The van der Waals surface area contributed by atoms with E-state index in [-0.39, 0.29) is 10.8 Å². The lowest BCUT2D eigenvalue weighted by Gasteiger charge is -2.32. The summed E-state index contributed by atoms with van der Waals surface area (Å²) in [7, 11) is -2.39. The zero-order chi connectivity index (χ0) is 24.6. The van der Waals surface area contributed by atoms with E-state index in [9.17, 15) is 5.11 Å². The van der Waals surface area contributed by atoms with Crippen molar-refractivity contribution in [3.63, 3.8) is 0 Å². The Bertz CT molecular complexity index is 1150. The molecule has 0 aliphatic heterocycles. The highest BCUT2D eigenvalue weighted by Gasteiger charge is 2.51. The predicted molar refractivity (Wildman–Crippen MR) is 150 cm³/mol. The van der Waals surface area contributed by atoms with Crippen LogP contribution < -0.4 is 21.2 Å². The molecule has 0 radical (unpaired) electrons. The van der Waals surface area contributed by atoms with Crippen molar-refractivity contribution in [1.29, 1.82) is 0 Å². The summed E-state index contributed by atoms with van der Waals surface area (Å²) in [4.78, 5) is 0. The molecule has 0 amide bonds. The van der Waals surface area contributed by atoms with Gasteiger partial charge in [0.15, 0.2) is 11.1 Å². The van der Waals surface area contributed by atoms with Crippen molar-refractivity contribution in [2.45, 2.75) is 52.4 Å². The first-order chi connectivity index (χ1) is 16.1. The number of phenols is 1. The molecule has 0 aliphatic carbocycles. The van der Waals surface area contributed by atoms with Crippen molar-refractivity contribution in [2.24, 2.45) is 0 Å². The molecular weight excluding hydrogens is 431 g/mol. The smallest absolute Gasteiger partial charge is 0.162 e. The number of phenolic OH excluding ortho intramolecular Hbond substituents is 1. The highest BCUT2D eigenvalue weighted by atomic mass is 31.2. The minimum Gasteiger partial charge on any atom is -0.504 e. The molecule has 0 saturated heterocycles. The summed E-state index contributed by atoms with van der Waals surface area (Å²) in [5, 5.41) is 16.8. The van der Waals surface area contributed by atoms with Gasteiger partial charge >= 0.3 is 0 Å². The molecule has 0 bridgehead atoms. The topological polar surface area (TPSA) is 20.2 Å². The van der Waals surface area contributed by atoms with Crippen LogP contribution in [-0.4, -0.2) is 5.11 Å². The van der Waals surface area contributed by atoms with Gasteiger partial charge in [0.25, 0.3) is 0 Å². The van der Waals surface area contributed by atoms with Gasteiger partial charge in [0, 0.05) is 5.56 Å². The van der Waals surface area contributed by atoms with Gasteiger partial charge in [0.1, 0.15) is 23.2 Å². The van der Waals surface area contributed by atoms with Crippen LogP contribution in [0, 0.1) is 0 Å². The van der Waals surface area contributed by atoms with E-state index in [1.165, 1.54) is 21.5 Å². The van der Waals surface area contributed by atoms with Crippen molar-refractivity contribution >= 4 is 28.5 Å². The van der Waals surface area contributed by atoms with Gasteiger partial charge in [0.2, 0.25) is 0 Å². The standard InChI is InChI=1S/C32H35OP/c1-31(2,3)24-22-28(32(4,5)6)30(33)29(23-24)34(25-16-10-7-11-17-25,26-18-12-8-13-19-26)27-20-14-9-15-21-27/h7-23H,1-6H3/p+1. The van der Waals surface area contributed by atoms with Gasteiger partial charge < -0.3 is 5.11 Å². The van der Waals surface area contributed by atoms with E-state index in [1.54, 1.807) is 0 Å². The first kappa shape index (κ1) is 24.2. The van der Waals surface area contributed by atoms with Crippen molar-refractivity contribution in [2.75, 3.05) is 0 Å². The van der Waals surface area contributed by atoms with Gasteiger partial charge in [0.05, 0.1) is 0 Å². The molecule has 0 saturated carbocycles. The van der Waals surface area contributed by atoms with Crippen LogP contribution >= 0.6 is 7.26 Å². The lowest BCUT2D eigenvalue weighted by molar-refractivity contribution is 0.449. The third-order valence-corrected chi connectivity index (χ3v) is 10.8. The van der Waals surface area contributed by atoms with Crippen LogP contribution in [0.5, 0.6) is 5.75 Å². The van der Waals surface area contributed by atoms with Gasteiger partial charge in [-0.2, -0.15) is 0 Å². The summed E-state index contributed by atoms with van der Waals surface area (Å²) in [6, 6.07) is 36.8. The van der Waals surface area contributed by atoms with Crippen LogP contribution in [0.1, 0.15) is 52.7 Å². The summed E-state index contributed by atoms with van der Waals surface area (Å²) in [5.74, 6) is 0.422. The summed E-state index contributed by atoms with van der Waals surface area (Å²) in [6.07, 6.45) is 0. The maximum Gasteiger partial charge on any atom is 0.162 e. The lowest BCUT2D eigenvalue weighted by atomic mass is 9.80. The third-order valence-electron chi connectivity index (χ3n) is 6.56. The predicted octanol–water partition coefficient (Wildman–Crippen LogP) is 6.61. The second-order valence-corrected chi connectivity index (χ2v) is 14.4. The minimum absolute atomic E-state index is 0.0534. The number of rotatable bonds is 4. The molecule has 4 aromatic carbocycles. The summed E-state index contributed by atoms with van der Waals surface area (Å²) in [5.41, 5.74) is 2.00. The van der Waals surface area contributed by atoms with Crippen LogP contribution in [-0.2, 0) is 10.8 Å². The Hall–Kier alpha value is -2.89. The average molecular weight is 468 g/mol. The maximum atomic E-state index is 12.1. The Balaban J connectivity index is 2.25. The van der Waals surface area contributed by atoms with Gasteiger partial charge in [-0.05, 0) is 58.9 Å². The molecule has 0 fully saturated rings. The third kappa shape index (κ3) is 4.30. The monoisotopic (exact) mass is 467 g/mol. The molecule has 0 unspecified atom stereocenters. The molecule has 2 heteroatoms. The number of aromatic hydroxyl groups is 1. The Morgan fingerprint density at radius 1 is 0.529 bits per heavy atom. The quantitative estimate of drug-likeness (QED) is 0.335. The molecule has 0 heterocycles. The van der Waals surface area contributed by atoms with E-state index >= 15 is 0 Å². The van der Waals surface area contributed by atoms with Crippen LogP contribution in [0.15, 0.2) is 103 Å². The van der Waals surface area contributed by atoms with Crippen LogP contribution in [0.3, 0.4) is 0 Å². The van der Waals surface area contributed by atoms with Gasteiger partial charge in [-0.3, -0.25) is 0 Å². The Morgan fingerprint density at radius 2 is 0.912 bits per heavy atom. The van der Waals surface area contributed by atoms with Gasteiger partial charge in [-0.1, -0.05) is 102 Å². The van der Waals surface area contributed by atoms with Crippen LogP contribution in [0.25, 0.3) is 0 Å². The van der Waals surface area contributed by atoms with Crippen LogP contribution in [0.4, 0.5) is 0 Å². The summed E-state index contributed by atoms with van der Waals surface area (Å²) >= 11 is 0. The highest BCUT2D eigenvalue weighted by molar-refractivity contribution is 8.01. The molecule has 1 nitrogen and oxygen atoms in total. The van der Waals surface area contributed by atoms with Crippen molar-refractivity contribution in [1.82, 2.24) is 0 Å². The molecule has 0 atom stereocenters. The Morgan fingerprint density at radius 3 is 1.24 bits per heavy atom. The van der Waals surface area contributed by atoms with E-state index in [0.717, 1.165) is 10.9 Å². The first-order valence-electron chi connectivity index (χ1n) is 12.0. The van der Waals surface area contributed by atoms with Crippen LogP contribution in [0.2, 0.25) is 0 Å². The van der Waals surface area contributed by atoms with E-state index in [0.29, 0.717) is 5.75 Å². The molecule has 4 rings (SSSR count). The fourth-order valence-electron chi connectivity index (χ4n) is 4.70. The Kier molecular flexibility index (Phi) is 6.45. The molecule has 0 aromatic heterocycles. The first-order valence-corrected chi connectivity index (χ1v) is 13.8. The lowest BCUT2D eigenvalue weighted by Crippen LogP contribution is -2.40. The van der Waals surface area contributed by atoms with Crippen molar-refractivity contribution in [3.05, 3.63) is 114 Å². The number of benzene rings is 4. The normalized spacial score (nSPS) is 12.5. The molecule has 0 spiro atoms.